The zero-order valence-electron chi connectivity index (χ0n) is 12.5. The molecule has 2 aromatic heterocycles. The van der Waals surface area contributed by atoms with Crippen molar-refractivity contribution in [3.05, 3.63) is 24.2 Å². The molecule has 3 heterocycles. The van der Waals surface area contributed by atoms with E-state index < -0.39 is 0 Å². The maximum atomic E-state index is 12.9. The molecule has 1 saturated carbocycles. The summed E-state index contributed by atoms with van der Waals surface area (Å²) in [5.74, 6) is 0.820. The van der Waals surface area contributed by atoms with Gasteiger partial charge in [-0.1, -0.05) is 12.8 Å². The van der Waals surface area contributed by atoms with Crippen LogP contribution in [-0.2, 0) is 0 Å². The first-order valence-electron chi connectivity index (χ1n) is 8.10. The molecule has 22 heavy (non-hydrogen) atoms. The number of nitrogens with one attached hydrogen (secondary N) is 1. The number of hydrogen-bond donors (Lipinski definition) is 1. The van der Waals surface area contributed by atoms with Gasteiger partial charge in [0.2, 0.25) is 0 Å². The fourth-order valence-electron chi connectivity index (χ4n) is 3.92. The van der Waals surface area contributed by atoms with E-state index >= 15 is 0 Å². The van der Waals surface area contributed by atoms with Gasteiger partial charge in [0.25, 0.3) is 5.91 Å². The Kier molecular flexibility index (Phi) is 3.70. The highest BCUT2D eigenvalue weighted by Gasteiger charge is 2.36. The van der Waals surface area contributed by atoms with Crippen LogP contribution < -0.4 is 0 Å². The van der Waals surface area contributed by atoms with Gasteiger partial charge >= 0.3 is 0 Å². The molecule has 0 aromatic carbocycles. The molecule has 6 heteroatoms. The van der Waals surface area contributed by atoms with E-state index in [-0.39, 0.29) is 5.91 Å². The summed E-state index contributed by atoms with van der Waals surface area (Å²) in [5, 5.41) is 6.76. The Morgan fingerprint density at radius 3 is 3.00 bits per heavy atom. The summed E-state index contributed by atoms with van der Waals surface area (Å²) in [7, 11) is 0. The van der Waals surface area contributed by atoms with Gasteiger partial charge < -0.3 is 4.90 Å². The smallest absolute Gasteiger partial charge is 0.273 e. The molecule has 2 unspecified atom stereocenters. The molecule has 116 valence electrons. The third kappa shape index (κ3) is 2.45. The van der Waals surface area contributed by atoms with Gasteiger partial charge in [-0.15, -0.1) is 0 Å². The van der Waals surface area contributed by atoms with Crippen molar-refractivity contribution in [1.82, 2.24) is 19.5 Å². The van der Waals surface area contributed by atoms with Crippen LogP contribution in [0.15, 0.2) is 18.5 Å². The lowest BCUT2D eigenvalue weighted by Crippen LogP contribution is -2.49. The molecular weight excluding hydrogens is 296 g/mol. The van der Waals surface area contributed by atoms with Crippen LogP contribution in [0.1, 0.15) is 49.0 Å². The van der Waals surface area contributed by atoms with Gasteiger partial charge in [-0.25, -0.2) is 0 Å². The molecular formula is C16H20N4OS. The topological polar surface area (TPSA) is 61.9 Å². The quantitative estimate of drug-likeness (QED) is 0.924. The lowest BCUT2D eigenvalue weighted by molar-refractivity contribution is 0.0386. The first kappa shape index (κ1) is 13.9. The number of likely N-dealkylation sites (tertiary alicyclic amines) is 1. The molecule has 1 N–H and O–H groups in total. The van der Waals surface area contributed by atoms with Crippen molar-refractivity contribution in [2.24, 2.45) is 5.92 Å². The molecule has 2 atom stereocenters. The third-order valence-electron chi connectivity index (χ3n) is 5.02. The minimum absolute atomic E-state index is 0.114. The number of aromatic amines is 1. The number of piperidine rings is 1. The summed E-state index contributed by atoms with van der Waals surface area (Å²) < 4.78 is 4.39. The second kappa shape index (κ2) is 5.83. The summed E-state index contributed by atoms with van der Waals surface area (Å²) in [5.41, 5.74) is 1.58. The third-order valence-corrected chi connectivity index (χ3v) is 5.85. The maximum Gasteiger partial charge on any atom is 0.273 e. The Morgan fingerprint density at radius 1 is 1.27 bits per heavy atom. The number of rotatable bonds is 2. The summed E-state index contributed by atoms with van der Waals surface area (Å²) >= 11 is 1.37. The standard InChI is InChI=1S/C16H20N4OS/c21-16(13-8-15(22-19-13)12-9-17-18-10-12)20-7-3-5-11-4-1-2-6-14(11)20/h8-11,14H,1-7H2,(H,17,18). The Hall–Kier alpha value is -1.69. The maximum absolute atomic E-state index is 12.9. The normalized spacial score (nSPS) is 25.0. The highest BCUT2D eigenvalue weighted by atomic mass is 32.1. The molecule has 2 aromatic rings. The molecule has 4 rings (SSSR count). The fourth-order valence-corrected chi connectivity index (χ4v) is 4.63. The van der Waals surface area contributed by atoms with Gasteiger partial charge in [0.15, 0.2) is 0 Å². The van der Waals surface area contributed by atoms with Gasteiger partial charge in [0.05, 0.1) is 11.1 Å². The van der Waals surface area contributed by atoms with Gasteiger partial charge in [-0.3, -0.25) is 9.89 Å². The summed E-state index contributed by atoms with van der Waals surface area (Å²) in [6, 6.07) is 2.35. The number of amides is 1. The SMILES string of the molecule is O=C(c1cc(-c2cn[nH]c2)sn1)N1CCCC2CCCCC21. The van der Waals surface area contributed by atoms with Gasteiger partial charge in [0, 0.05) is 24.3 Å². The summed E-state index contributed by atoms with van der Waals surface area (Å²) in [6.45, 7) is 0.887. The van der Waals surface area contributed by atoms with E-state index in [2.05, 4.69) is 19.5 Å². The molecule has 1 saturated heterocycles. The van der Waals surface area contributed by atoms with Crippen LogP contribution in [0.4, 0.5) is 0 Å². The molecule has 1 amide bonds. The minimum atomic E-state index is 0.114. The number of carbonyl (C=O) groups excluding carboxylic acids is 1. The van der Waals surface area contributed by atoms with Crippen LogP contribution >= 0.6 is 11.5 Å². The molecule has 1 aliphatic heterocycles. The van der Waals surface area contributed by atoms with Crippen molar-refractivity contribution in [3.8, 4) is 10.4 Å². The van der Waals surface area contributed by atoms with Crippen molar-refractivity contribution < 1.29 is 4.79 Å². The van der Waals surface area contributed by atoms with Gasteiger partial charge in [0.1, 0.15) is 5.69 Å². The predicted octanol–water partition coefficient (Wildman–Crippen LogP) is 3.33. The largest absolute Gasteiger partial charge is 0.334 e. The Bertz CT molecular complexity index is 649. The Morgan fingerprint density at radius 2 is 2.14 bits per heavy atom. The predicted molar refractivity (Wildman–Crippen MR) is 85.7 cm³/mol. The van der Waals surface area contributed by atoms with Crippen LogP contribution in [0.5, 0.6) is 0 Å². The van der Waals surface area contributed by atoms with E-state index in [0.29, 0.717) is 17.7 Å². The van der Waals surface area contributed by atoms with Crippen molar-refractivity contribution in [1.29, 1.82) is 0 Å². The Labute approximate surface area is 133 Å². The zero-order chi connectivity index (χ0) is 14.9. The van der Waals surface area contributed by atoms with E-state index in [0.717, 1.165) is 29.8 Å². The van der Waals surface area contributed by atoms with Crippen molar-refractivity contribution in [3.63, 3.8) is 0 Å². The first-order chi connectivity index (χ1) is 10.8. The summed E-state index contributed by atoms with van der Waals surface area (Å²) in [6.07, 6.45) is 11.0. The van der Waals surface area contributed by atoms with Crippen molar-refractivity contribution >= 4 is 17.4 Å². The molecule has 2 aliphatic rings. The average molecular weight is 316 g/mol. The van der Waals surface area contributed by atoms with E-state index in [1.165, 1.54) is 37.2 Å². The highest BCUT2D eigenvalue weighted by Crippen LogP contribution is 2.36. The minimum Gasteiger partial charge on any atom is -0.334 e. The highest BCUT2D eigenvalue weighted by molar-refractivity contribution is 7.09. The van der Waals surface area contributed by atoms with Gasteiger partial charge in [-0.05, 0) is 49.2 Å². The van der Waals surface area contributed by atoms with Crippen LogP contribution in [0.2, 0.25) is 0 Å². The van der Waals surface area contributed by atoms with E-state index in [9.17, 15) is 4.79 Å². The van der Waals surface area contributed by atoms with Crippen LogP contribution in [-0.4, -0.2) is 38.0 Å². The van der Waals surface area contributed by atoms with Crippen LogP contribution in [0, 0.1) is 5.92 Å². The van der Waals surface area contributed by atoms with Crippen LogP contribution in [0.25, 0.3) is 10.4 Å². The number of hydrogen-bond acceptors (Lipinski definition) is 4. The lowest BCUT2D eigenvalue weighted by atomic mass is 9.78. The zero-order valence-corrected chi connectivity index (χ0v) is 13.3. The lowest BCUT2D eigenvalue weighted by Gasteiger charge is -2.43. The number of fused-ring (bicyclic) bond motifs is 1. The number of nitrogens with zero attached hydrogens (tertiary/aromatic N) is 3. The van der Waals surface area contributed by atoms with Crippen molar-refractivity contribution in [2.45, 2.75) is 44.6 Å². The molecule has 0 spiro atoms. The molecule has 5 nitrogen and oxygen atoms in total. The van der Waals surface area contributed by atoms with E-state index in [4.69, 9.17) is 0 Å². The number of aromatic nitrogens is 3. The fraction of sp³-hybridized carbons (Fsp3) is 0.562. The number of H-pyrrole nitrogens is 1. The Balaban J connectivity index is 1.56. The number of carbonyl (C=O) groups is 1. The second-order valence-corrected chi connectivity index (χ2v) is 7.12. The molecule has 1 aliphatic carbocycles. The monoisotopic (exact) mass is 316 g/mol. The van der Waals surface area contributed by atoms with Crippen LogP contribution in [0.3, 0.4) is 0 Å². The molecule has 0 bridgehead atoms. The van der Waals surface area contributed by atoms with Crippen molar-refractivity contribution in [2.75, 3.05) is 6.54 Å². The average Bonchev–Trinajstić information content (AvgIpc) is 3.24. The second-order valence-electron chi connectivity index (χ2n) is 6.32. The molecule has 0 radical (unpaired) electrons. The first-order valence-corrected chi connectivity index (χ1v) is 8.87. The van der Waals surface area contributed by atoms with E-state index in [1.54, 1.807) is 6.20 Å². The van der Waals surface area contributed by atoms with E-state index in [1.807, 2.05) is 12.3 Å². The summed E-state index contributed by atoms with van der Waals surface area (Å²) in [4.78, 5) is 16.0. The molecule has 2 fully saturated rings. The van der Waals surface area contributed by atoms with Gasteiger partial charge in [-0.2, -0.15) is 9.47 Å².